The number of nitrogens with zero attached hydrogens (tertiary/aromatic N) is 6. The molecule has 4 aromatic rings. The number of rotatable bonds is 11. The Bertz CT molecular complexity index is 3100. The molecule has 6 amide bonds. The van der Waals surface area contributed by atoms with Crippen LogP contribution in [-0.4, -0.2) is 142 Å². The van der Waals surface area contributed by atoms with Gasteiger partial charge in [-0.25, -0.2) is 4.85 Å². The minimum absolute atomic E-state index is 0. The van der Waals surface area contributed by atoms with Gasteiger partial charge in [-0.05, 0) is 71.8 Å². The zero-order valence-corrected chi connectivity index (χ0v) is 40.8. The molecule has 0 aliphatic carbocycles. The largest absolute Gasteiger partial charge is 0.417 e. The van der Waals surface area contributed by atoms with E-state index < -0.39 is 83.8 Å². The van der Waals surface area contributed by atoms with E-state index in [2.05, 4.69) is 20.5 Å². The third-order valence-electron chi connectivity index (χ3n) is 12.8. The highest BCUT2D eigenvalue weighted by Gasteiger charge is 2.43. The van der Waals surface area contributed by atoms with Gasteiger partial charge in [0, 0.05) is 72.4 Å². The van der Waals surface area contributed by atoms with Crippen LogP contribution in [-0.2, 0) is 73.2 Å². The van der Waals surface area contributed by atoms with E-state index in [0.717, 1.165) is 6.07 Å². The predicted octanol–water partition coefficient (Wildman–Crippen LogP) is 4.10. The van der Waals surface area contributed by atoms with E-state index in [-0.39, 0.29) is 107 Å². The summed E-state index contributed by atoms with van der Waals surface area (Å²) in [6.07, 6.45) is -17.0. The number of anilines is 6. The number of carbonyl (C=O) groups excluding carboxylic acids is 6. The maximum Gasteiger partial charge on any atom is 0.417 e. The molecule has 0 radical (unpaired) electrons. The molecule has 5 aliphatic heterocycles. The quantitative estimate of drug-likeness (QED) is 0.0912. The first-order valence-corrected chi connectivity index (χ1v) is 23.8. The average molecular weight is 1130 g/mol. The second-order valence-electron chi connectivity index (χ2n) is 17.8. The van der Waals surface area contributed by atoms with Crippen LogP contribution < -0.4 is 41.7 Å². The molecule has 4 saturated heterocycles. The summed E-state index contributed by atoms with van der Waals surface area (Å²) in [6.45, 7) is 8.00. The number of alkyl halides is 6. The summed E-state index contributed by atoms with van der Waals surface area (Å²) in [4.78, 5) is 88.8. The fourth-order valence-electron chi connectivity index (χ4n) is 9.07. The molecule has 4 fully saturated rings. The molecule has 8 N–H and O–H groups in total. The number of aliphatic hydroxyl groups is 2. The van der Waals surface area contributed by atoms with E-state index in [1.54, 1.807) is 48.5 Å². The number of halogens is 6. The molecule has 0 saturated carbocycles. The van der Waals surface area contributed by atoms with Crippen molar-refractivity contribution in [2.45, 2.75) is 64.7 Å². The number of fused-ring (bicyclic) bond motifs is 1. The first-order chi connectivity index (χ1) is 37.1. The Kier molecular flexibility index (Phi) is 19.4. The van der Waals surface area contributed by atoms with Crippen LogP contribution in [0.2, 0.25) is 0 Å². The SMILES string of the molecule is C.C.NC1=NCc2cc(NC(=O)[C@H](O)[C@H]3OCCN(c4cccc(N5CCOCC5=O)c4)C3=O)cc(C(F)(F)F)c21.[C-]#[N+]c1c(CN)cc(NC(=O)[C@H](O)[C@H]2OCCN(c3cccc(N4CCOCC4=O)c3)C2=O)cc1C(F)(F)F. The van der Waals surface area contributed by atoms with Crippen LogP contribution >= 0.6 is 0 Å². The summed E-state index contributed by atoms with van der Waals surface area (Å²) >= 11 is 0. The van der Waals surface area contributed by atoms with Crippen LogP contribution in [0.15, 0.2) is 77.8 Å². The van der Waals surface area contributed by atoms with Gasteiger partial charge < -0.3 is 70.9 Å². The lowest BCUT2D eigenvalue weighted by molar-refractivity contribution is -0.150. The Hall–Kier alpha value is -8.04. The smallest absolute Gasteiger partial charge is 0.383 e. The van der Waals surface area contributed by atoms with Crippen LogP contribution in [0.4, 0.5) is 66.2 Å². The molecule has 0 aromatic heterocycles. The zero-order valence-electron chi connectivity index (χ0n) is 40.8. The molecule has 0 bridgehead atoms. The van der Waals surface area contributed by atoms with E-state index in [0.29, 0.717) is 61.2 Å². The number of carbonyl (C=O) groups is 6. The summed E-state index contributed by atoms with van der Waals surface area (Å²) in [5.74, 6) is -4.51. The maximum absolute atomic E-state index is 13.6. The molecule has 28 heteroatoms. The van der Waals surface area contributed by atoms with Gasteiger partial charge in [0.25, 0.3) is 35.4 Å². The monoisotopic (exact) mass is 1130 g/mol. The normalized spacial score (nSPS) is 19.3. The van der Waals surface area contributed by atoms with Crippen molar-refractivity contribution in [3.63, 3.8) is 0 Å². The molecule has 4 aromatic carbocycles. The van der Waals surface area contributed by atoms with E-state index >= 15 is 0 Å². The average Bonchev–Trinajstić information content (AvgIpc) is 3.80. The number of morpholine rings is 4. The van der Waals surface area contributed by atoms with E-state index in [4.69, 9.17) is 37.0 Å². The summed E-state index contributed by atoms with van der Waals surface area (Å²) in [5, 5.41) is 25.7. The number of nitrogens with one attached hydrogen (secondary N) is 2. The van der Waals surface area contributed by atoms with Crippen LogP contribution in [0.1, 0.15) is 42.7 Å². The number of aliphatic imine (C=N–C) groups is 1. The van der Waals surface area contributed by atoms with Crippen molar-refractivity contribution in [2.75, 3.05) is 96.1 Å². The number of nitrogens with two attached hydrogens (primary N) is 2. The molecule has 22 nitrogen and oxygen atoms in total. The Morgan fingerprint density at radius 3 is 1.52 bits per heavy atom. The topological polar surface area (TPSA) is 286 Å². The van der Waals surface area contributed by atoms with Gasteiger partial charge in [-0.15, -0.1) is 0 Å². The lowest BCUT2D eigenvalue weighted by Crippen LogP contribution is -2.55. The molecular weight excluding hydrogens is 1070 g/mol. The van der Waals surface area contributed by atoms with Gasteiger partial charge in [-0.1, -0.05) is 27.0 Å². The Morgan fingerprint density at radius 2 is 1.10 bits per heavy atom. The van der Waals surface area contributed by atoms with Gasteiger partial charge in [0.05, 0.1) is 50.7 Å². The Morgan fingerprint density at radius 1 is 0.675 bits per heavy atom. The van der Waals surface area contributed by atoms with Crippen molar-refractivity contribution >= 4 is 81.1 Å². The molecule has 0 spiro atoms. The lowest BCUT2D eigenvalue weighted by atomic mass is 10.00. The van der Waals surface area contributed by atoms with Crippen molar-refractivity contribution < 1.29 is 84.3 Å². The minimum Gasteiger partial charge on any atom is -0.383 e. The summed E-state index contributed by atoms with van der Waals surface area (Å²) in [7, 11) is 0. The van der Waals surface area contributed by atoms with E-state index in [1.807, 2.05) is 0 Å². The van der Waals surface area contributed by atoms with Gasteiger partial charge in [0.2, 0.25) is 5.69 Å². The van der Waals surface area contributed by atoms with Gasteiger partial charge in [-0.2, -0.15) is 26.3 Å². The standard InChI is InChI=1S/2C25H24F3N5O6.2CH4/c26-25(27,28)17-9-14(8-13-11-30-22(29)19(13)17)31-23(36)20(35)21-24(37)33(5-7-39-21)16-3-1-2-15(10-16)32-4-6-38-12-18(32)34;1-30-20-14(12-29)9-15(10-18(20)25(26,27)28)31-23(36)21(35)22-24(37)33(6-8-39-22)17-4-2-3-16(11-17)32-5-7-38-13-19(32)34;;/h1-3,8-10,20-21,35H,4-7,11-12H2,(H2,29,30)(H,31,36);2-4,9-11,21-22,35H,5-8,12-13,29H2,(H,31,36);2*1H4/t20-,21-;21-,22-;;/m11../s1. The van der Waals surface area contributed by atoms with E-state index in [9.17, 15) is 65.3 Å². The highest BCUT2D eigenvalue weighted by molar-refractivity contribution is 6.07. The van der Waals surface area contributed by atoms with Crippen molar-refractivity contribution in [3.05, 3.63) is 112 Å². The summed E-state index contributed by atoms with van der Waals surface area (Å²) in [6, 6.07) is 16.9. The van der Waals surface area contributed by atoms with Gasteiger partial charge in [-0.3, -0.25) is 33.8 Å². The summed E-state index contributed by atoms with van der Waals surface area (Å²) < 4.78 is 102. The molecule has 428 valence electrons. The molecule has 0 unspecified atom stereocenters. The predicted molar refractivity (Wildman–Crippen MR) is 278 cm³/mol. The van der Waals surface area contributed by atoms with Crippen LogP contribution in [0.3, 0.4) is 0 Å². The number of aliphatic hydroxyl groups excluding tert-OH is 2. The van der Waals surface area contributed by atoms with Crippen molar-refractivity contribution in [1.29, 1.82) is 0 Å². The number of hydrogen-bond donors (Lipinski definition) is 6. The second-order valence-corrected chi connectivity index (χ2v) is 17.8. The highest BCUT2D eigenvalue weighted by atomic mass is 19.4. The number of amides is 6. The van der Waals surface area contributed by atoms with Crippen molar-refractivity contribution in [2.24, 2.45) is 16.5 Å². The number of hydrogen-bond acceptors (Lipinski definition) is 15. The van der Waals surface area contributed by atoms with Crippen molar-refractivity contribution in [3.8, 4) is 0 Å². The lowest BCUT2D eigenvalue weighted by Gasteiger charge is -2.35. The van der Waals surface area contributed by atoms with Crippen LogP contribution in [0, 0.1) is 6.57 Å². The fraction of sp³-hybridized carbons (Fsp3) is 0.385. The molecule has 4 atom stereocenters. The zero-order chi connectivity index (χ0) is 56.2. The third-order valence-corrected chi connectivity index (χ3v) is 12.8. The number of benzene rings is 4. The highest BCUT2D eigenvalue weighted by Crippen LogP contribution is 2.41. The first kappa shape index (κ1) is 61.2. The molecular formula is C52H56F6N10O12. The van der Waals surface area contributed by atoms with Crippen LogP contribution in [0.5, 0.6) is 0 Å². The molecule has 80 heavy (non-hydrogen) atoms. The Labute approximate surface area is 453 Å². The first-order valence-electron chi connectivity index (χ1n) is 23.8. The van der Waals surface area contributed by atoms with Crippen molar-refractivity contribution in [1.82, 2.24) is 0 Å². The third kappa shape index (κ3) is 13.2. The van der Waals surface area contributed by atoms with Crippen LogP contribution in [0.25, 0.3) is 4.85 Å². The second kappa shape index (κ2) is 25.4. The van der Waals surface area contributed by atoms with E-state index in [1.165, 1.54) is 25.7 Å². The Balaban J connectivity index is 0.000000252. The molecule has 9 rings (SSSR count). The molecule has 5 aliphatic rings. The summed E-state index contributed by atoms with van der Waals surface area (Å²) in [5.41, 5.74) is 9.14. The number of amidine groups is 1. The fourth-order valence-corrected chi connectivity index (χ4v) is 9.07. The number of ether oxygens (including phenoxy) is 4. The maximum atomic E-state index is 13.6. The molecule has 5 heterocycles. The van der Waals surface area contributed by atoms with Gasteiger partial charge >= 0.3 is 12.4 Å². The minimum atomic E-state index is -4.90. The van der Waals surface area contributed by atoms with Gasteiger partial charge in [0.1, 0.15) is 19.0 Å². The van der Waals surface area contributed by atoms with Gasteiger partial charge in [0.15, 0.2) is 24.4 Å².